The minimum Gasteiger partial charge on any atom is -0.495 e. The van der Waals surface area contributed by atoms with Crippen LogP contribution in [0.4, 0.5) is 4.39 Å². The van der Waals surface area contributed by atoms with Crippen molar-refractivity contribution in [3.05, 3.63) is 65.0 Å². The lowest BCUT2D eigenvalue weighted by Crippen LogP contribution is -2.24. The molecule has 4 nitrogen and oxygen atoms in total. The zero-order valence-electron chi connectivity index (χ0n) is 13.4. The van der Waals surface area contributed by atoms with Gasteiger partial charge in [-0.2, -0.15) is 5.26 Å². The minimum absolute atomic E-state index is 0.0354. The first-order chi connectivity index (χ1) is 11.6. The molecule has 0 spiro atoms. The van der Waals surface area contributed by atoms with Gasteiger partial charge in [0, 0.05) is 19.1 Å². The molecule has 2 aromatic carbocycles. The molecule has 124 valence electrons. The van der Waals surface area contributed by atoms with Gasteiger partial charge in [-0.15, -0.1) is 0 Å². The van der Waals surface area contributed by atoms with Gasteiger partial charge in [-0.25, -0.2) is 4.39 Å². The van der Waals surface area contributed by atoms with Gasteiger partial charge in [0.2, 0.25) is 0 Å². The van der Waals surface area contributed by atoms with Crippen LogP contribution in [0.3, 0.4) is 0 Å². The van der Waals surface area contributed by atoms with E-state index >= 15 is 0 Å². The summed E-state index contributed by atoms with van der Waals surface area (Å²) in [4.78, 5) is 2.15. The highest BCUT2D eigenvalue weighted by Crippen LogP contribution is 2.34. The van der Waals surface area contributed by atoms with E-state index in [1.54, 1.807) is 18.2 Å². The maximum atomic E-state index is 13.1. The van der Waals surface area contributed by atoms with Gasteiger partial charge in [0.15, 0.2) is 0 Å². The zero-order chi connectivity index (χ0) is 17.1. The molecule has 24 heavy (non-hydrogen) atoms. The Hall–Kier alpha value is -2.42. The van der Waals surface area contributed by atoms with Crippen molar-refractivity contribution in [2.45, 2.75) is 25.1 Å². The number of benzene rings is 2. The third-order valence-corrected chi connectivity index (χ3v) is 4.41. The maximum Gasteiger partial charge on any atom is 0.136 e. The minimum atomic E-state index is -0.409. The number of methoxy groups -OCH3 is 1. The highest BCUT2D eigenvalue weighted by Gasteiger charge is 2.32. The Bertz CT molecular complexity index is 755. The highest BCUT2D eigenvalue weighted by molar-refractivity contribution is 5.45. The number of nitriles is 1. The molecule has 1 aliphatic heterocycles. The fourth-order valence-corrected chi connectivity index (χ4v) is 3.26. The average Bonchev–Trinajstić information content (AvgIpc) is 2.95. The number of ether oxygens (including phenoxy) is 1. The fourth-order valence-electron chi connectivity index (χ4n) is 3.26. The van der Waals surface area contributed by atoms with Gasteiger partial charge < -0.3 is 9.84 Å². The van der Waals surface area contributed by atoms with Gasteiger partial charge in [0.05, 0.1) is 18.8 Å². The van der Waals surface area contributed by atoms with Gasteiger partial charge in [0.25, 0.3) is 0 Å². The Labute approximate surface area is 140 Å². The molecular formula is C19H19FN2O2. The number of hydrogen-bond acceptors (Lipinski definition) is 4. The predicted molar refractivity (Wildman–Crippen MR) is 87.9 cm³/mol. The van der Waals surface area contributed by atoms with Crippen LogP contribution in [0.15, 0.2) is 42.5 Å². The number of hydrogen-bond donors (Lipinski definition) is 1. The summed E-state index contributed by atoms with van der Waals surface area (Å²) in [6.45, 7) is 1.16. The average molecular weight is 326 g/mol. The van der Waals surface area contributed by atoms with Gasteiger partial charge in [-0.1, -0.05) is 18.2 Å². The normalized spacial score (nSPS) is 20.8. The van der Waals surface area contributed by atoms with Crippen LogP contribution in [0.2, 0.25) is 0 Å². The van der Waals surface area contributed by atoms with Crippen LogP contribution < -0.4 is 4.74 Å². The SMILES string of the molecule is COc1ccc(CN2C[C@@H](O)C[C@@H]2c2ccc(F)cc2)cc1C#N. The van der Waals surface area contributed by atoms with E-state index in [-0.39, 0.29) is 11.9 Å². The largest absolute Gasteiger partial charge is 0.495 e. The summed E-state index contributed by atoms with van der Waals surface area (Å²) in [6, 6.07) is 14.1. The molecule has 0 amide bonds. The van der Waals surface area contributed by atoms with Crippen LogP contribution >= 0.6 is 0 Å². The van der Waals surface area contributed by atoms with E-state index in [1.165, 1.54) is 19.2 Å². The second kappa shape index (κ2) is 7.00. The van der Waals surface area contributed by atoms with Crippen LogP contribution in [0.1, 0.15) is 29.2 Å². The van der Waals surface area contributed by atoms with Crippen LogP contribution in [0.5, 0.6) is 5.75 Å². The number of likely N-dealkylation sites (tertiary alicyclic amines) is 1. The molecule has 0 bridgehead atoms. The first-order valence-electron chi connectivity index (χ1n) is 7.85. The summed E-state index contributed by atoms with van der Waals surface area (Å²) in [5, 5.41) is 19.3. The van der Waals surface area contributed by atoms with E-state index < -0.39 is 6.10 Å². The van der Waals surface area contributed by atoms with Crippen LogP contribution in [-0.4, -0.2) is 29.8 Å². The van der Waals surface area contributed by atoms with E-state index in [4.69, 9.17) is 4.74 Å². The van der Waals surface area contributed by atoms with Crippen molar-refractivity contribution in [1.82, 2.24) is 4.90 Å². The second-order valence-corrected chi connectivity index (χ2v) is 6.03. The zero-order valence-corrected chi connectivity index (χ0v) is 13.4. The number of β-amino-alcohol motifs (C(OH)–C–C–N with tert-alkyl or cyclic N) is 1. The van der Waals surface area contributed by atoms with Crippen molar-refractivity contribution in [3.63, 3.8) is 0 Å². The van der Waals surface area contributed by atoms with Gasteiger partial charge in [-0.05, 0) is 41.8 Å². The topological polar surface area (TPSA) is 56.5 Å². The highest BCUT2D eigenvalue weighted by atomic mass is 19.1. The van der Waals surface area contributed by atoms with E-state index in [9.17, 15) is 14.8 Å². The first-order valence-corrected chi connectivity index (χ1v) is 7.85. The Morgan fingerprint density at radius 3 is 2.71 bits per heavy atom. The van der Waals surface area contributed by atoms with Crippen LogP contribution in [0.25, 0.3) is 0 Å². The molecule has 0 aliphatic carbocycles. The third kappa shape index (κ3) is 3.40. The lowest BCUT2D eigenvalue weighted by atomic mass is 10.0. The van der Waals surface area contributed by atoms with Gasteiger partial charge in [0.1, 0.15) is 17.6 Å². The smallest absolute Gasteiger partial charge is 0.136 e. The van der Waals surface area contributed by atoms with Crippen LogP contribution in [0, 0.1) is 17.1 Å². The molecule has 5 heteroatoms. The molecule has 0 aromatic heterocycles. The molecule has 0 saturated carbocycles. The molecule has 0 unspecified atom stereocenters. The quantitative estimate of drug-likeness (QED) is 0.938. The predicted octanol–water partition coefficient (Wildman–Crippen LogP) is 3.01. The monoisotopic (exact) mass is 326 g/mol. The molecule has 1 heterocycles. The van der Waals surface area contributed by atoms with Gasteiger partial charge in [-0.3, -0.25) is 4.90 Å². The number of halogens is 1. The van der Waals surface area contributed by atoms with E-state index in [1.807, 2.05) is 12.1 Å². The summed E-state index contributed by atoms with van der Waals surface area (Å²) in [5.41, 5.74) is 2.46. The van der Waals surface area contributed by atoms with Crippen molar-refractivity contribution in [2.75, 3.05) is 13.7 Å². The summed E-state index contributed by atoms with van der Waals surface area (Å²) < 4.78 is 18.3. The maximum absolute atomic E-state index is 13.1. The van der Waals surface area contributed by atoms with E-state index in [0.29, 0.717) is 30.8 Å². The molecule has 0 radical (unpaired) electrons. The van der Waals surface area contributed by atoms with Crippen molar-refractivity contribution < 1.29 is 14.2 Å². The Morgan fingerprint density at radius 1 is 1.29 bits per heavy atom. The van der Waals surface area contributed by atoms with Crippen molar-refractivity contribution in [1.29, 1.82) is 5.26 Å². The van der Waals surface area contributed by atoms with Crippen molar-refractivity contribution >= 4 is 0 Å². The van der Waals surface area contributed by atoms with Crippen molar-refractivity contribution in [3.8, 4) is 11.8 Å². The molecule has 3 rings (SSSR count). The van der Waals surface area contributed by atoms with E-state index in [0.717, 1.165) is 11.1 Å². The standard InChI is InChI=1S/C19H19FN2O2/c1-24-19-7-2-13(8-15(19)10-21)11-22-12-17(23)9-18(22)14-3-5-16(20)6-4-14/h2-8,17-18,23H,9,11-12H2,1H3/t17-,18+/m0/s1. The number of nitrogens with zero attached hydrogens (tertiary/aromatic N) is 2. The molecule has 1 aliphatic rings. The Balaban J connectivity index is 1.82. The summed E-state index contributed by atoms with van der Waals surface area (Å²) in [5.74, 6) is 0.287. The van der Waals surface area contributed by atoms with Crippen LogP contribution in [-0.2, 0) is 6.54 Å². The molecule has 2 aromatic rings. The lowest BCUT2D eigenvalue weighted by Gasteiger charge is -2.24. The number of aliphatic hydroxyl groups excluding tert-OH is 1. The number of rotatable bonds is 4. The van der Waals surface area contributed by atoms with Gasteiger partial charge >= 0.3 is 0 Å². The van der Waals surface area contributed by atoms with E-state index in [2.05, 4.69) is 11.0 Å². The first kappa shape index (κ1) is 16.4. The summed E-state index contributed by atoms with van der Waals surface area (Å²) in [6.07, 6.45) is 0.209. The molecule has 2 atom stereocenters. The summed E-state index contributed by atoms with van der Waals surface area (Å²) in [7, 11) is 1.54. The molecule has 1 N–H and O–H groups in total. The van der Waals surface area contributed by atoms with Crippen molar-refractivity contribution in [2.24, 2.45) is 0 Å². The summed E-state index contributed by atoms with van der Waals surface area (Å²) >= 11 is 0. The molecular weight excluding hydrogens is 307 g/mol. The fraction of sp³-hybridized carbons (Fsp3) is 0.316. The number of aliphatic hydroxyl groups is 1. The second-order valence-electron chi connectivity index (χ2n) is 6.03. The molecule has 1 fully saturated rings. The Morgan fingerprint density at radius 2 is 2.04 bits per heavy atom. The lowest BCUT2D eigenvalue weighted by molar-refractivity contribution is 0.172. The third-order valence-electron chi connectivity index (χ3n) is 4.41. The Kier molecular flexibility index (Phi) is 4.79. The molecule has 1 saturated heterocycles.